The molecule has 0 spiro atoms. The Morgan fingerprint density at radius 1 is 1.05 bits per heavy atom. The first-order valence-corrected chi connectivity index (χ1v) is 14.2. The molecule has 0 atom stereocenters. The smallest absolute Gasteiger partial charge is 0.341 e. The summed E-state index contributed by atoms with van der Waals surface area (Å²) in [6.45, 7) is 2.73. The van der Waals surface area contributed by atoms with Crippen LogP contribution in [0.4, 0.5) is 11.4 Å². The van der Waals surface area contributed by atoms with Crippen LogP contribution in [0.25, 0.3) is 0 Å². The second-order valence-electron chi connectivity index (χ2n) is 10.0. The molecule has 0 aromatic heterocycles. The minimum Gasteiger partial charge on any atom is -0.490 e. The highest BCUT2D eigenvalue weighted by atomic mass is 35.5. The van der Waals surface area contributed by atoms with Crippen molar-refractivity contribution in [3.8, 4) is 11.5 Å². The van der Waals surface area contributed by atoms with Crippen molar-refractivity contribution in [2.45, 2.75) is 19.9 Å². The Labute approximate surface area is 261 Å². The molecule has 0 heterocycles. The molecule has 0 aliphatic rings. The van der Waals surface area contributed by atoms with Crippen LogP contribution in [-0.2, 0) is 22.6 Å². The standard InChI is InChI=1S/C31H37ClN6O6/c1-4-43-26-14-19(15-27(39)35-11-12-38(2)3)13-21(29(26)44-18-28(40)41)17-36-25-10-7-22(32)16-24(25)31(42)37-23-8-5-20(6-9-23)30(33)34/h5-10,13-14,16,36H,4,11-12,15,17-18H2,1-3H3,(H3,33,34)(H,35,39)(H,37,42)(H,40,41). The van der Waals surface area contributed by atoms with E-state index in [-0.39, 0.29) is 42.6 Å². The number of ether oxygens (including phenoxy) is 2. The van der Waals surface area contributed by atoms with Gasteiger partial charge in [0.2, 0.25) is 5.91 Å². The number of anilines is 2. The summed E-state index contributed by atoms with van der Waals surface area (Å²) in [7, 11) is 3.83. The lowest BCUT2D eigenvalue weighted by atomic mass is 10.0. The Balaban J connectivity index is 1.89. The number of carboxylic acids is 1. The number of benzene rings is 3. The van der Waals surface area contributed by atoms with E-state index in [1.165, 1.54) is 6.07 Å². The second kappa shape index (κ2) is 16.1. The van der Waals surface area contributed by atoms with Gasteiger partial charge < -0.3 is 41.2 Å². The van der Waals surface area contributed by atoms with Crippen LogP contribution in [0, 0.1) is 5.41 Å². The van der Waals surface area contributed by atoms with Crippen molar-refractivity contribution in [2.75, 3.05) is 51.0 Å². The van der Waals surface area contributed by atoms with Gasteiger partial charge in [0.1, 0.15) is 5.84 Å². The molecule has 0 saturated heterocycles. The maximum Gasteiger partial charge on any atom is 0.341 e. The molecule has 0 unspecified atom stereocenters. The first-order chi connectivity index (χ1) is 21.0. The number of amidine groups is 1. The molecule has 44 heavy (non-hydrogen) atoms. The van der Waals surface area contributed by atoms with Crippen LogP contribution in [0.1, 0.15) is 34.0 Å². The number of carboxylic acid groups (broad SMARTS) is 1. The summed E-state index contributed by atoms with van der Waals surface area (Å²) < 4.78 is 11.4. The summed E-state index contributed by atoms with van der Waals surface area (Å²) in [5, 5.41) is 26.1. The number of rotatable bonds is 16. The van der Waals surface area contributed by atoms with Crippen LogP contribution in [0.2, 0.25) is 5.02 Å². The number of likely N-dealkylation sites (N-methyl/N-ethyl adjacent to an activating group) is 1. The molecule has 0 saturated carbocycles. The van der Waals surface area contributed by atoms with Gasteiger partial charge >= 0.3 is 5.97 Å². The predicted molar refractivity (Wildman–Crippen MR) is 170 cm³/mol. The molecule has 234 valence electrons. The Morgan fingerprint density at radius 2 is 1.77 bits per heavy atom. The molecule has 0 radical (unpaired) electrons. The number of hydrogen-bond acceptors (Lipinski definition) is 8. The first-order valence-electron chi connectivity index (χ1n) is 13.8. The van der Waals surface area contributed by atoms with Gasteiger partial charge in [-0.1, -0.05) is 11.6 Å². The van der Waals surface area contributed by atoms with Gasteiger partial charge in [-0.3, -0.25) is 15.0 Å². The van der Waals surface area contributed by atoms with E-state index in [0.29, 0.717) is 51.9 Å². The third-order valence-electron chi connectivity index (χ3n) is 6.23. The molecular weight excluding hydrogens is 588 g/mol. The van der Waals surface area contributed by atoms with Gasteiger partial charge in [0.25, 0.3) is 5.91 Å². The van der Waals surface area contributed by atoms with Crippen molar-refractivity contribution < 1.29 is 29.0 Å². The van der Waals surface area contributed by atoms with Gasteiger partial charge in [-0.25, -0.2) is 4.79 Å². The fraction of sp³-hybridized carbons (Fsp3) is 0.290. The Bertz CT molecular complexity index is 1500. The number of amides is 2. The van der Waals surface area contributed by atoms with Crippen molar-refractivity contribution in [3.63, 3.8) is 0 Å². The summed E-state index contributed by atoms with van der Waals surface area (Å²) in [5.41, 5.74) is 8.39. The van der Waals surface area contributed by atoms with Crippen LogP contribution >= 0.6 is 11.6 Å². The van der Waals surface area contributed by atoms with Gasteiger partial charge in [0.15, 0.2) is 18.1 Å². The number of carbonyl (C=O) groups is 3. The van der Waals surface area contributed by atoms with Crippen molar-refractivity contribution >= 4 is 46.6 Å². The van der Waals surface area contributed by atoms with Gasteiger partial charge in [-0.05, 0) is 81.2 Å². The third-order valence-corrected chi connectivity index (χ3v) is 6.46. The van der Waals surface area contributed by atoms with Crippen LogP contribution in [0.3, 0.4) is 0 Å². The van der Waals surface area contributed by atoms with E-state index >= 15 is 0 Å². The van der Waals surface area contributed by atoms with Gasteiger partial charge in [0, 0.05) is 47.2 Å². The second-order valence-corrected chi connectivity index (χ2v) is 10.5. The molecule has 3 aromatic carbocycles. The molecule has 2 amide bonds. The number of carbonyl (C=O) groups excluding carboxylic acids is 2. The number of nitrogens with two attached hydrogens (primary N) is 1. The molecule has 3 rings (SSSR count). The number of nitrogens with zero attached hydrogens (tertiary/aromatic N) is 1. The minimum atomic E-state index is -1.16. The third kappa shape index (κ3) is 10.2. The van der Waals surface area contributed by atoms with Crippen LogP contribution in [0.5, 0.6) is 11.5 Å². The molecule has 7 N–H and O–H groups in total. The summed E-state index contributed by atoms with van der Waals surface area (Å²) in [6, 6.07) is 14.7. The molecule has 3 aromatic rings. The first kappa shape index (κ1) is 33.7. The molecule has 0 fully saturated rings. The topological polar surface area (TPSA) is 179 Å². The zero-order valence-corrected chi connectivity index (χ0v) is 25.6. The van der Waals surface area contributed by atoms with E-state index in [1.807, 2.05) is 19.0 Å². The largest absolute Gasteiger partial charge is 0.490 e. The van der Waals surface area contributed by atoms with E-state index in [0.717, 1.165) is 0 Å². The van der Waals surface area contributed by atoms with Crippen molar-refractivity contribution in [3.05, 3.63) is 81.9 Å². The number of halogens is 1. The summed E-state index contributed by atoms with van der Waals surface area (Å²) in [6.07, 6.45) is 0.0662. The Kier molecular flexibility index (Phi) is 12.4. The zero-order chi connectivity index (χ0) is 32.2. The van der Waals surface area contributed by atoms with Crippen LogP contribution < -0.4 is 31.2 Å². The Morgan fingerprint density at radius 3 is 2.41 bits per heavy atom. The monoisotopic (exact) mass is 624 g/mol. The highest BCUT2D eigenvalue weighted by molar-refractivity contribution is 6.31. The number of nitrogens with one attached hydrogen (secondary N) is 4. The molecule has 12 nitrogen and oxygen atoms in total. The van der Waals surface area contributed by atoms with Gasteiger partial charge in [-0.15, -0.1) is 0 Å². The quantitative estimate of drug-likeness (QED) is 0.103. The summed E-state index contributed by atoms with van der Waals surface area (Å²) >= 11 is 6.23. The van der Waals surface area contributed by atoms with Crippen molar-refractivity contribution in [1.82, 2.24) is 10.2 Å². The zero-order valence-electron chi connectivity index (χ0n) is 24.8. The average Bonchev–Trinajstić information content (AvgIpc) is 2.96. The van der Waals surface area contributed by atoms with E-state index in [9.17, 15) is 19.5 Å². The lowest BCUT2D eigenvalue weighted by Gasteiger charge is -2.19. The predicted octanol–water partition coefficient (Wildman–Crippen LogP) is 3.57. The molecule has 0 aliphatic heterocycles. The summed E-state index contributed by atoms with van der Waals surface area (Å²) in [4.78, 5) is 39.2. The van der Waals surface area contributed by atoms with Crippen LogP contribution in [-0.4, -0.2) is 74.0 Å². The van der Waals surface area contributed by atoms with Crippen molar-refractivity contribution in [1.29, 1.82) is 5.41 Å². The van der Waals surface area contributed by atoms with E-state index < -0.39 is 18.5 Å². The van der Waals surface area contributed by atoms with E-state index in [4.69, 9.17) is 32.2 Å². The molecular formula is C31H37ClN6O6. The highest BCUT2D eigenvalue weighted by Crippen LogP contribution is 2.35. The normalized spacial score (nSPS) is 10.7. The molecule has 0 bridgehead atoms. The van der Waals surface area contributed by atoms with E-state index in [2.05, 4.69) is 16.0 Å². The lowest BCUT2D eigenvalue weighted by molar-refractivity contribution is -0.139. The average molecular weight is 625 g/mol. The summed E-state index contributed by atoms with van der Waals surface area (Å²) in [5.74, 6) is -1.36. The fourth-order valence-corrected chi connectivity index (χ4v) is 4.34. The lowest BCUT2D eigenvalue weighted by Crippen LogP contribution is -2.32. The highest BCUT2D eigenvalue weighted by Gasteiger charge is 2.19. The molecule has 13 heteroatoms. The maximum atomic E-state index is 13.3. The number of nitrogen functional groups attached to an aromatic ring is 1. The minimum absolute atomic E-state index is 0.0662. The van der Waals surface area contributed by atoms with E-state index in [1.54, 1.807) is 55.5 Å². The SMILES string of the molecule is CCOc1cc(CC(=O)NCCN(C)C)cc(CNc2ccc(Cl)cc2C(=O)Nc2ccc(C(=N)N)cc2)c1OCC(=O)O. The maximum absolute atomic E-state index is 13.3. The fourth-order valence-electron chi connectivity index (χ4n) is 4.16. The Hall–Kier alpha value is -4.81. The van der Waals surface area contributed by atoms with Crippen molar-refractivity contribution in [2.24, 2.45) is 5.73 Å². The number of hydrogen-bond donors (Lipinski definition) is 6. The molecule has 0 aliphatic carbocycles. The van der Waals surface area contributed by atoms with Gasteiger partial charge in [0.05, 0.1) is 18.6 Å². The number of aliphatic carboxylic acids is 1. The van der Waals surface area contributed by atoms with Crippen LogP contribution in [0.15, 0.2) is 54.6 Å². The van der Waals surface area contributed by atoms with Gasteiger partial charge in [-0.2, -0.15) is 0 Å².